The van der Waals surface area contributed by atoms with Gasteiger partial charge in [0.2, 0.25) is 0 Å². The van der Waals surface area contributed by atoms with Crippen molar-refractivity contribution < 1.29 is 29.0 Å². The van der Waals surface area contributed by atoms with Crippen molar-refractivity contribution in [2.45, 2.75) is 38.5 Å². The summed E-state index contributed by atoms with van der Waals surface area (Å²) in [5.41, 5.74) is 4.67. The van der Waals surface area contributed by atoms with Crippen LogP contribution in [-0.2, 0) is 19.1 Å². The van der Waals surface area contributed by atoms with E-state index in [0.717, 1.165) is 0 Å². The number of amides is 1. The lowest BCUT2D eigenvalue weighted by molar-refractivity contribution is -0.142. The molecule has 0 bridgehead atoms. The fraction of sp³-hybridized carbons (Fsp3) is 0.750. The molecule has 10 heteroatoms. The molecule has 8 nitrogen and oxygen atoms in total. The number of esters is 1. The molecule has 0 aliphatic carbocycles. The van der Waals surface area contributed by atoms with Gasteiger partial charge in [0, 0.05) is 11.5 Å². The number of carboxylic acids is 1. The summed E-state index contributed by atoms with van der Waals surface area (Å²) in [7, 11) is 3.62. The summed E-state index contributed by atoms with van der Waals surface area (Å²) < 4.78 is 9.68. The average Bonchev–Trinajstić information content (AvgIpc) is 2.38. The lowest BCUT2D eigenvalue weighted by Crippen LogP contribution is -2.45. The molecular formula is C12H22N2O6S2. The summed E-state index contributed by atoms with van der Waals surface area (Å²) in [5.74, 6) is -1.32. The van der Waals surface area contributed by atoms with E-state index in [2.05, 4.69) is 10.1 Å². The van der Waals surface area contributed by atoms with Crippen molar-refractivity contribution in [1.82, 2.24) is 5.32 Å². The average molecular weight is 354 g/mol. The minimum Gasteiger partial charge on any atom is -0.480 e. The van der Waals surface area contributed by atoms with Gasteiger partial charge >= 0.3 is 18.0 Å². The first-order valence-electron chi connectivity index (χ1n) is 6.37. The van der Waals surface area contributed by atoms with Gasteiger partial charge in [-0.1, -0.05) is 21.6 Å². The second kappa shape index (κ2) is 9.80. The summed E-state index contributed by atoms with van der Waals surface area (Å²) in [6, 6.07) is -1.87. The first-order valence-corrected chi connectivity index (χ1v) is 8.85. The molecule has 1 amide bonds. The van der Waals surface area contributed by atoms with Gasteiger partial charge in [0.1, 0.15) is 17.7 Å². The monoisotopic (exact) mass is 354 g/mol. The molecule has 4 N–H and O–H groups in total. The van der Waals surface area contributed by atoms with Crippen molar-refractivity contribution in [2.75, 3.05) is 18.6 Å². The van der Waals surface area contributed by atoms with Crippen LogP contribution in [0.15, 0.2) is 0 Å². The maximum absolute atomic E-state index is 11.7. The number of alkyl carbamates (subject to hydrolysis) is 1. The number of methoxy groups -OCH3 is 1. The maximum atomic E-state index is 11.7. The first-order chi connectivity index (χ1) is 10.1. The number of carbonyl (C=O) groups is 3. The van der Waals surface area contributed by atoms with E-state index in [1.165, 1.54) is 28.7 Å². The van der Waals surface area contributed by atoms with Gasteiger partial charge < -0.3 is 25.6 Å². The van der Waals surface area contributed by atoms with Gasteiger partial charge in [-0.25, -0.2) is 9.59 Å². The van der Waals surface area contributed by atoms with E-state index in [-0.39, 0.29) is 11.5 Å². The largest absolute Gasteiger partial charge is 0.480 e. The zero-order valence-corrected chi connectivity index (χ0v) is 14.6. The predicted molar refractivity (Wildman–Crippen MR) is 85.7 cm³/mol. The van der Waals surface area contributed by atoms with Gasteiger partial charge in [0.05, 0.1) is 7.11 Å². The summed E-state index contributed by atoms with van der Waals surface area (Å²) in [6.45, 7) is 5.12. The lowest BCUT2D eigenvalue weighted by Gasteiger charge is -2.22. The number of carbonyl (C=O) groups excluding carboxylic acids is 2. The van der Waals surface area contributed by atoms with E-state index in [9.17, 15) is 14.4 Å². The van der Waals surface area contributed by atoms with Crippen LogP contribution in [0, 0.1) is 0 Å². The van der Waals surface area contributed by atoms with Crippen LogP contribution >= 0.6 is 21.6 Å². The van der Waals surface area contributed by atoms with Crippen LogP contribution in [0.5, 0.6) is 0 Å². The van der Waals surface area contributed by atoms with Crippen molar-refractivity contribution in [2.24, 2.45) is 5.73 Å². The van der Waals surface area contributed by atoms with Crippen molar-refractivity contribution >= 4 is 39.6 Å². The van der Waals surface area contributed by atoms with Crippen LogP contribution in [-0.4, -0.2) is 59.4 Å². The fourth-order valence-electron chi connectivity index (χ4n) is 1.07. The van der Waals surface area contributed by atoms with E-state index < -0.39 is 35.7 Å². The third-order valence-corrected chi connectivity index (χ3v) is 4.51. The zero-order chi connectivity index (χ0) is 17.3. The Hall–Kier alpha value is -1.13. The SMILES string of the molecule is COC(=O)[C@H](CSSC[C@H](N)C(=O)O)NC(=O)OC(C)(C)C. The normalized spacial score (nSPS) is 13.9. The van der Waals surface area contributed by atoms with Crippen molar-refractivity contribution in [1.29, 1.82) is 0 Å². The van der Waals surface area contributed by atoms with E-state index >= 15 is 0 Å². The Morgan fingerprint density at radius 2 is 1.77 bits per heavy atom. The molecule has 0 spiro atoms. The molecule has 0 aromatic carbocycles. The Kier molecular flexibility index (Phi) is 9.30. The quantitative estimate of drug-likeness (QED) is 0.330. The van der Waals surface area contributed by atoms with E-state index in [1.807, 2.05) is 0 Å². The molecule has 0 fully saturated rings. The molecule has 22 heavy (non-hydrogen) atoms. The van der Waals surface area contributed by atoms with E-state index in [0.29, 0.717) is 0 Å². The minimum absolute atomic E-state index is 0.181. The van der Waals surface area contributed by atoms with Crippen LogP contribution in [0.2, 0.25) is 0 Å². The van der Waals surface area contributed by atoms with E-state index in [1.54, 1.807) is 20.8 Å². The highest BCUT2D eigenvalue weighted by Crippen LogP contribution is 2.23. The Morgan fingerprint density at radius 3 is 2.23 bits per heavy atom. The maximum Gasteiger partial charge on any atom is 0.408 e. The zero-order valence-electron chi connectivity index (χ0n) is 13.0. The number of rotatable bonds is 8. The van der Waals surface area contributed by atoms with Gasteiger partial charge in [-0.05, 0) is 20.8 Å². The molecule has 0 saturated carbocycles. The Balaban J connectivity index is 4.33. The van der Waals surface area contributed by atoms with Gasteiger partial charge in [0.25, 0.3) is 0 Å². The van der Waals surface area contributed by atoms with Crippen LogP contribution in [0.25, 0.3) is 0 Å². The predicted octanol–water partition coefficient (Wildman–Crippen LogP) is 0.846. The molecular weight excluding hydrogens is 332 g/mol. The molecule has 0 rings (SSSR count). The smallest absolute Gasteiger partial charge is 0.408 e. The molecule has 0 saturated heterocycles. The highest BCUT2D eigenvalue weighted by atomic mass is 33.1. The minimum atomic E-state index is -1.09. The molecule has 0 aliphatic rings. The summed E-state index contributed by atoms with van der Waals surface area (Å²) in [5, 5.41) is 11.1. The molecule has 0 radical (unpaired) electrons. The molecule has 2 atom stereocenters. The van der Waals surface area contributed by atoms with E-state index in [4.69, 9.17) is 15.6 Å². The molecule has 128 valence electrons. The van der Waals surface area contributed by atoms with Crippen molar-refractivity contribution in [3.63, 3.8) is 0 Å². The Bertz CT molecular complexity index is 400. The molecule has 0 heterocycles. The summed E-state index contributed by atoms with van der Waals surface area (Å²) in [4.78, 5) is 33.8. The van der Waals surface area contributed by atoms with Crippen molar-refractivity contribution in [3.05, 3.63) is 0 Å². The van der Waals surface area contributed by atoms with Crippen LogP contribution < -0.4 is 11.1 Å². The topological polar surface area (TPSA) is 128 Å². The Morgan fingerprint density at radius 1 is 1.23 bits per heavy atom. The third kappa shape index (κ3) is 9.74. The fourth-order valence-corrected chi connectivity index (χ4v) is 3.33. The number of nitrogens with two attached hydrogens (primary N) is 1. The number of ether oxygens (including phenoxy) is 2. The van der Waals surface area contributed by atoms with Crippen LogP contribution in [0.4, 0.5) is 4.79 Å². The number of aliphatic carboxylic acids is 1. The highest BCUT2D eigenvalue weighted by molar-refractivity contribution is 8.76. The molecule has 0 unspecified atom stereocenters. The third-order valence-electron chi connectivity index (χ3n) is 2.06. The second-order valence-corrected chi connectivity index (χ2v) is 7.79. The van der Waals surface area contributed by atoms with Crippen LogP contribution in [0.1, 0.15) is 20.8 Å². The first kappa shape index (κ1) is 20.9. The number of nitrogens with one attached hydrogen (secondary N) is 1. The van der Waals surface area contributed by atoms with Gasteiger partial charge in [-0.2, -0.15) is 0 Å². The standard InChI is InChI=1S/C12H22N2O6S2/c1-12(2,3)20-11(18)14-8(10(17)19-4)6-22-21-5-7(13)9(15)16/h7-8H,5-6,13H2,1-4H3,(H,14,18)(H,15,16)/t7-,8-/m0/s1. The van der Waals surface area contributed by atoms with Gasteiger partial charge in [-0.15, -0.1) is 0 Å². The van der Waals surface area contributed by atoms with Gasteiger partial charge in [0.15, 0.2) is 0 Å². The number of hydrogen-bond donors (Lipinski definition) is 3. The highest BCUT2D eigenvalue weighted by Gasteiger charge is 2.25. The number of carboxylic acid groups (broad SMARTS) is 1. The summed E-state index contributed by atoms with van der Waals surface area (Å²) >= 11 is 0. The second-order valence-electron chi connectivity index (χ2n) is 5.24. The van der Waals surface area contributed by atoms with Crippen molar-refractivity contribution in [3.8, 4) is 0 Å². The molecule has 0 aromatic heterocycles. The number of hydrogen-bond acceptors (Lipinski definition) is 8. The summed E-state index contributed by atoms with van der Waals surface area (Å²) in [6.07, 6.45) is -0.726. The van der Waals surface area contributed by atoms with Crippen LogP contribution in [0.3, 0.4) is 0 Å². The van der Waals surface area contributed by atoms with Gasteiger partial charge in [-0.3, -0.25) is 4.79 Å². The lowest BCUT2D eigenvalue weighted by atomic mass is 10.2. The Labute approximate surface area is 137 Å². The molecule has 0 aromatic rings. The molecule has 0 aliphatic heterocycles.